The van der Waals surface area contributed by atoms with E-state index in [0.717, 1.165) is 6.42 Å². The molecule has 0 saturated heterocycles. The molecule has 2 unspecified atom stereocenters. The zero-order chi connectivity index (χ0) is 14.0. The molecule has 2 atom stereocenters. The summed E-state index contributed by atoms with van der Waals surface area (Å²) in [6, 6.07) is -0.934. The third-order valence-electron chi connectivity index (χ3n) is 2.36. The summed E-state index contributed by atoms with van der Waals surface area (Å²) in [5.41, 5.74) is 0. The Balaban J connectivity index is 3.88. The number of carbonyl (C=O) groups is 2. The molecule has 6 heteroatoms. The molecule has 0 fully saturated rings. The zero-order valence-corrected chi connectivity index (χ0v) is 11.6. The lowest BCUT2D eigenvalue weighted by Crippen LogP contribution is -2.48. The summed E-state index contributed by atoms with van der Waals surface area (Å²) >= 11 is 0. The molecule has 1 amide bonds. The van der Waals surface area contributed by atoms with Gasteiger partial charge in [0, 0.05) is 20.3 Å². The summed E-state index contributed by atoms with van der Waals surface area (Å²) in [5, 5.41) is 5.65. The summed E-state index contributed by atoms with van der Waals surface area (Å²) in [5.74, 6) is -0.487. The largest absolute Gasteiger partial charge is 0.465 e. The van der Waals surface area contributed by atoms with Crippen LogP contribution in [0.15, 0.2) is 0 Å². The van der Waals surface area contributed by atoms with Crippen molar-refractivity contribution in [3.05, 3.63) is 0 Å². The SMILES string of the molecule is CCOC(=O)C(C)NC(C)C(=O)NCCCOC. The number of ether oxygens (including phenoxy) is 2. The van der Waals surface area contributed by atoms with Gasteiger partial charge in [-0.3, -0.25) is 14.9 Å². The van der Waals surface area contributed by atoms with Crippen molar-refractivity contribution in [2.45, 2.75) is 39.3 Å². The van der Waals surface area contributed by atoms with Gasteiger partial charge in [0.1, 0.15) is 6.04 Å². The van der Waals surface area contributed by atoms with Crippen molar-refractivity contribution in [3.63, 3.8) is 0 Å². The van der Waals surface area contributed by atoms with Gasteiger partial charge in [-0.15, -0.1) is 0 Å². The molecule has 0 bridgehead atoms. The molecule has 0 aliphatic carbocycles. The second kappa shape index (κ2) is 9.85. The van der Waals surface area contributed by atoms with Crippen LogP contribution in [0.1, 0.15) is 27.2 Å². The minimum Gasteiger partial charge on any atom is -0.465 e. The van der Waals surface area contributed by atoms with Crippen LogP contribution < -0.4 is 10.6 Å². The van der Waals surface area contributed by atoms with Gasteiger partial charge in [0.05, 0.1) is 12.6 Å². The summed E-state index contributed by atoms with van der Waals surface area (Å²) in [4.78, 5) is 23.0. The van der Waals surface area contributed by atoms with Crippen molar-refractivity contribution >= 4 is 11.9 Å². The molecule has 6 nitrogen and oxygen atoms in total. The molecule has 0 spiro atoms. The molecule has 0 rings (SSSR count). The smallest absolute Gasteiger partial charge is 0.322 e. The van der Waals surface area contributed by atoms with Gasteiger partial charge in [-0.2, -0.15) is 0 Å². The number of nitrogens with one attached hydrogen (secondary N) is 2. The van der Waals surface area contributed by atoms with Crippen molar-refractivity contribution in [1.82, 2.24) is 10.6 Å². The molecule has 0 aromatic carbocycles. The molecular weight excluding hydrogens is 236 g/mol. The topological polar surface area (TPSA) is 76.7 Å². The Bertz CT molecular complexity index is 258. The standard InChI is InChI=1S/C12H24N2O4/c1-5-18-12(16)10(3)14-9(2)11(15)13-7-6-8-17-4/h9-10,14H,5-8H2,1-4H3,(H,13,15). The van der Waals surface area contributed by atoms with Gasteiger partial charge in [-0.25, -0.2) is 0 Å². The number of esters is 1. The first-order valence-electron chi connectivity index (χ1n) is 6.22. The number of rotatable bonds is 9. The lowest BCUT2D eigenvalue weighted by molar-refractivity contribution is -0.145. The van der Waals surface area contributed by atoms with Crippen molar-refractivity contribution in [2.75, 3.05) is 26.9 Å². The minimum atomic E-state index is -0.496. The van der Waals surface area contributed by atoms with E-state index in [9.17, 15) is 9.59 Å². The van der Waals surface area contributed by atoms with Crippen LogP contribution in [-0.4, -0.2) is 50.8 Å². The Hall–Kier alpha value is -1.14. The van der Waals surface area contributed by atoms with E-state index in [1.807, 2.05) is 0 Å². The predicted octanol–water partition coefficient (Wildman–Crippen LogP) is 0.0688. The Morgan fingerprint density at radius 3 is 2.44 bits per heavy atom. The maximum atomic E-state index is 11.7. The predicted molar refractivity (Wildman–Crippen MR) is 68.2 cm³/mol. The molecule has 0 heterocycles. The first kappa shape index (κ1) is 16.9. The molecule has 0 aliphatic heterocycles. The molecule has 0 aromatic rings. The second-order valence-electron chi connectivity index (χ2n) is 4.00. The van der Waals surface area contributed by atoms with E-state index in [2.05, 4.69) is 10.6 Å². The Morgan fingerprint density at radius 2 is 1.89 bits per heavy atom. The molecular formula is C12H24N2O4. The van der Waals surface area contributed by atoms with Crippen molar-refractivity contribution in [3.8, 4) is 0 Å². The highest BCUT2D eigenvalue weighted by Gasteiger charge is 2.20. The van der Waals surface area contributed by atoms with Crippen LogP contribution >= 0.6 is 0 Å². The van der Waals surface area contributed by atoms with E-state index in [1.165, 1.54) is 0 Å². The van der Waals surface area contributed by atoms with E-state index in [-0.39, 0.29) is 11.9 Å². The third kappa shape index (κ3) is 7.24. The quantitative estimate of drug-likeness (QED) is 0.453. The number of carbonyl (C=O) groups excluding carboxylic acids is 2. The molecule has 2 N–H and O–H groups in total. The highest BCUT2D eigenvalue weighted by molar-refractivity contribution is 5.82. The van der Waals surface area contributed by atoms with E-state index >= 15 is 0 Å². The Kier molecular flexibility index (Phi) is 9.22. The van der Waals surface area contributed by atoms with Gasteiger partial charge in [0.2, 0.25) is 5.91 Å². The highest BCUT2D eigenvalue weighted by Crippen LogP contribution is 1.92. The number of hydrogen-bond acceptors (Lipinski definition) is 5. The van der Waals surface area contributed by atoms with Gasteiger partial charge < -0.3 is 14.8 Å². The molecule has 106 valence electrons. The highest BCUT2D eigenvalue weighted by atomic mass is 16.5. The van der Waals surface area contributed by atoms with Crippen molar-refractivity contribution in [2.24, 2.45) is 0 Å². The van der Waals surface area contributed by atoms with E-state index in [1.54, 1.807) is 27.9 Å². The maximum Gasteiger partial charge on any atom is 0.322 e. The van der Waals surface area contributed by atoms with Crippen LogP contribution in [0, 0.1) is 0 Å². The van der Waals surface area contributed by atoms with Crippen LogP contribution in [0.25, 0.3) is 0 Å². The number of methoxy groups -OCH3 is 1. The average molecular weight is 260 g/mol. The van der Waals surface area contributed by atoms with Gasteiger partial charge in [-0.1, -0.05) is 0 Å². The fourth-order valence-electron chi connectivity index (χ4n) is 1.37. The van der Waals surface area contributed by atoms with Crippen molar-refractivity contribution in [1.29, 1.82) is 0 Å². The molecule has 0 aromatic heterocycles. The van der Waals surface area contributed by atoms with Gasteiger partial charge >= 0.3 is 5.97 Å². The Morgan fingerprint density at radius 1 is 1.22 bits per heavy atom. The fourth-order valence-corrected chi connectivity index (χ4v) is 1.37. The van der Waals surface area contributed by atoms with Crippen molar-refractivity contribution < 1.29 is 19.1 Å². The molecule has 0 saturated carbocycles. The van der Waals surface area contributed by atoms with Crippen LogP contribution in [0.4, 0.5) is 0 Å². The lowest BCUT2D eigenvalue weighted by atomic mass is 10.2. The normalized spacial score (nSPS) is 13.8. The molecule has 0 radical (unpaired) electrons. The van der Waals surface area contributed by atoms with Crippen LogP contribution in [0.2, 0.25) is 0 Å². The van der Waals surface area contributed by atoms with Crippen LogP contribution in [-0.2, 0) is 19.1 Å². The average Bonchev–Trinajstić information content (AvgIpc) is 2.34. The first-order chi connectivity index (χ1) is 8.52. The molecule has 18 heavy (non-hydrogen) atoms. The Labute approximate surface area is 108 Å². The monoisotopic (exact) mass is 260 g/mol. The molecule has 0 aliphatic rings. The summed E-state index contributed by atoms with van der Waals surface area (Å²) in [6.45, 7) is 6.64. The maximum absolute atomic E-state index is 11.7. The fraction of sp³-hybridized carbons (Fsp3) is 0.833. The van der Waals surface area contributed by atoms with Gasteiger partial charge in [0.15, 0.2) is 0 Å². The third-order valence-corrected chi connectivity index (χ3v) is 2.36. The zero-order valence-electron chi connectivity index (χ0n) is 11.6. The van der Waals surface area contributed by atoms with Crippen LogP contribution in [0.3, 0.4) is 0 Å². The van der Waals surface area contributed by atoms with Gasteiger partial charge in [0.25, 0.3) is 0 Å². The minimum absolute atomic E-state index is 0.137. The summed E-state index contributed by atoms with van der Waals surface area (Å²) < 4.78 is 9.73. The number of hydrogen-bond donors (Lipinski definition) is 2. The van der Waals surface area contributed by atoms with E-state index < -0.39 is 12.1 Å². The second-order valence-corrected chi connectivity index (χ2v) is 4.00. The summed E-state index contributed by atoms with van der Waals surface area (Å²) in [7, 11) is 1.62. The van der Waals surface area contributed by atoms with Crippen LogP contribution in [0.5, 0.6) is 0 Å². The van der Waals surface area contributed by atoms with E-state index in [4.69, 9.17) is 9.47 Å². The van der Waals surface area contributed by atoms with Gasteiger partial charge in [-0.05, 0) is 27.2 Å². The summed E-state index contributed by atoms with van der Waals surface area (Å²) in [6.07, 6.45) is 0.766. The first-order valence-corrected chi connectivity index (χ1v) is 6.22. The number of amides is 1. The lowest BCUT2D eigenvalue weighted by Gasteiger charge is -2.18. The van der Waals surface area contributed by atoms with E-state index in [0.29, 0.717) is 19.8 Å².